The number of rotatable bonds is 14. The van der Waals surface area contributed by atoms with Crippen LogP contribution in [0.5, 0.6) is 0 Å². The largest absolute Gasteiger partial charge is 0.396 e. The first kappa shape index (κ1) is 31.4. The van der Waals surface area contributed by atoms with Crippen LogP contribution in [-0.4, -0.2) is 120 Å². The van der Waals surface area contributed by atoms with E-state index in [0.717, 1.165) is 18.8 Å². The van der Waals surface area contributed by atoms with Crippen molar-refractivity contribution in [1.82, 2.24) is 14.7 Å². The average molecular weight is 595 g/mol. The summed E-state index contributed by atoms with van der Waals surface area (Å²) < 4.78 is 12.3. The standard InChI is InChI=1S/C33H46N4O6/c1-4-15-35(19-18-34-20-23-42-24-21-34)31(41)28-33-14-13-32(3,43-33)26(27(33)30(40)37(28)17-9-10-22-38)29(39)36(16-5-2)25-11-7-6-8-12-25/h4-8,11-12,26-28,38H,1-2,9-10,13-24H2,3H3/t26-,27-,28?,32+,33?/m0/s1. The highest BCUT2D eigenvalue weighted by Crippen LogP contribution is 2.63. The third kappa shape index (κ3) is 5.78. The number of para-hydroxylation sites is 1. The van der Waals surface area contributed by atoms with E-state index in [4.69, 9.17) is 9.47 Å². The molecule has 0 saturated carbocycles. The monoisotopic (exact) mass is 594 g/mol. The lowest BCUT2D eigenvalue weighted by atomic mass is 9.66. The van der Waals surface area contributed by atoms with Gasteiger partial charge in [-0.2, -0.15) is 0 Å². The maximum Gasteiger partial charge on any atom is 0.248 e. The first-order valence-corrected chi connectivity index (χ1v) is 15.6. The minimum Gasteiger partial charge on any atom is -0.396 e. The zero-order valence-corrected chi connectivity index (χ0v) is 25.4. The number of aliphatic hydroxyl groups is 1. The summed E-state index contributed by atoms with van der Waals surface area (Å²) in [5, 5.41) is 9.48. The Hall–Kier alpha value is -3.05. The molecule has 234 valence electrons. The Bertz CT molecular complexity index is 1190. The van der Waals surface area contributed by atoms with Crippen molar-refractivity contribution < 1.29 is 29.0 Å². The van der Waals surface area contributed by atoms with Gasteiger partial charge in [0.1, 0.15) is 11.6 Å². The number of unbranched alkanes of at least 4 members (excludes halogenated alkanes) is 1. The number of carbonyl (C=O) groups is 3. The number of benzene rings is 1. The van der Waals surface area contributed by atoms with E-state index < -0.39 is 29.1 Å². The van der Waals surface area contributed by atoms with Gasteiger partial charge in [-0.15, -0.1) is 13.2 Å². The van der Waals surface area contributed by atoms with Gasteiger partial charge in [-0.05, 0) is 44.7 Å². The van der Waals surface area contributed by atoms with Crippen molar-refractivity contribution in [2.75, 3.05) is 70.5 Å². The van der Waals surface area contributed by atoms with Crippen molar-refractivity contribution in [3.05, 3.63) is 55.6 Å². The molecule has 2 bridgehead atoms. The molecule has 10 nitrogen and oxygen atoms in total. The zero-order valence-electron chi connectivity index (χ0n) is 25.4. The average Bonchev–Trinajstić information content (AvgIpc) is 3.59. The number of morpholine rings is 1. The van der Waals surface area contributed by atoms with Crippen LogP contribution >= 0.6 is 0 Å². The number of hydrogen-bond donors (Lipinski definition) is 1. The molecule has 3 amide bonds. The van der Waals surface area contributed by atoms with E-state index in [1.807, 2.05) is 37.3 Å². The number of aliphatic hydroxyl groups excluding tert-OH is 1. The summed E-state index contributed by atoms with van der Waals surface area (Å²) in [7, 11) is 0. The van der Waals surface area contributed by atoms with Crippen molar-refractivity contribution in [3.63, 3.8) is 0 Å². The van der Waals surface area contributed by atoms with Crippen LogP contribution in [0.25, 0.3) is 0 Å². The number of anilines is 1. The van der Waals surface area contributed by atoms with Crippen LogP contribution in [0, 0.1) is 11.8 Å². The number of ether oxygens (including phenoxy) is 2. The molecule has 1 aromatic rings. The molecule has 4 heterocycles. The predicted octanol–water partition coefficient (Wildman–Crippen LogP) is 2.09. The number of nitrogens with zero attached hydrogens (tertiary/aromatic N) is 4. The van der Waals surface area contributed by atoms with Gasteiger partial charge in [0.25, 0.3) is 0 Å². The molecule has 5 rings (SSSR count). The van der Waals surface area contributed by atoms with Crippen LogP contribution in [0.1, 0.15) is 32.6 Å². The van der Waals surface area contributed by atoms with Crippen molar-refractivity contribution in [1.29, 1.82) is 0 Å². The number of likely N-dealkylation sites (tertiary alicyclic amines) is 1. The Morgan fingerprint density at radius 2 is 1.77 bits per heavy atom. The quantitative estimate of drug-likeness (QED) is 0.260. The Balaban J connectivity index is 1.48. The van der Waals surface area contributed by atoms with Gasteiger partial charge in [-0.1, -0.05) is 30.4 Å². The van der Waals surface area contributed by atoms with Crippen molar-refractivity contribution in [2.24, 2.45) is 11.8 Å². The summed E-state index contributed by atoms with van der Waals surface area (Å²) in [6, 6.07) is 8.55. The van der Waals surface area contributed by atoms with Gasteiger partial charge in [0.05, 0.1) is 30.7 Å². The predicted molar refractivity (Wildman–Crippen MR) is 163 cm³/mol. The second kappa shape index (κ2) is 13.3. The maximum absolute atomic E-state index is 14.6. The molecule has 2 unspecified atom stereocenters. The molecule has 1 aromatic carbocycles. The molecule has 5 atom stereocenters. The summed E-state index contributed by atoms with van der Waals surface area (Å²) in [5.41, 5.74) is -1.25. The molecule has 0 aromatic heterocycles. The molecule has 4 fully saturated rings. The fraction of sp³-hybridized carbons (Fsp3) is 0.606. The lowest BCUT2D eigenvalue weighted by molar-refractivity contribution is -0.151. The Morgan fingerprint density at radius 3 is 2.44 bits per heavy atom. The molecule has 0 aliphatic carbocycles. The van der Waals surface area contributed by atoms with Crippen LogP contribution in [0.2, 0.25) is 0 Å². The van der Waals surface area contributed by atoms with Gasteiger partial charge in [0.2, 0.25) is 17.7 Å². The summed E-state index contributed by atoms with van der Waals surface area (Å²) in [4.78, 5) is 50.8. The lowest BCUT2D eigenvalue weighted by Crippen LogP contribution is -2.57. The van der Waals surface area contributed by atoms with Gasteiger partial charge >= 0.3 is 0 Å². The molecule has 10 heteroatoms. The lowest BCUT2D eigenvalue weighted by Gasteiger charge is -2.37. The Morgan fingerprint density at radius 1 is 1.05 bits per heavy atom. The molecule has 4 aliphatic rings. The van der Waals surface area contributed by atoms with E-state index in [-0.39, 0.29) is 24.3 Å². The fourth-order valence-electron chi connectivity index (χ4n) is 7.65. The molecule has 43 heavy (non-hydrogen) atoms. The summed E-state index contributed by atoms with van der Waals surface area (Å²) in [6.07, 6.45) is 5.56. The highest BCUT2D eigenvalue weighted by Gasteiger charge is 2.78. The second-order valence-corrected chi connectivity index (χ2v) is 12.3. The summed E-state index contributed by atoms with van der Waals surface area (Å²) in [5.74, 6) is -2.09. The van der Waals surface area contributed by atoms with Crippen molar-refractivity contribution in [3.8, 4) is 0 Å². The number of amides is 3. The minimum atomic E-state index is -1.10. The van der Waals surface area contributed by atoms with Crippen molar-refractivity contribution in [2.45, 2.75) is 49.9 Å². The zero-order chi connectivity index (χ0) is 30.6. The fourth-order valence-corrected chi connectivity index (χ4v) is 7.65. The molecule has 1 N–H and O–H groups in total. The van der Waals surface area contributed by atoms with E-state index in [1.54, 1.807) is 26.9 Å². The van der Waals surface area contributed by atoms with Crippen LogP contribution in [0.15, 0.2) is 55.6 Å². The number of carbonyl (C=O) groups excluding carboxylic acids is 3. The Labute approximate surface area is 254 Å². The minimum absolute atomic E-state index is 0.000619. The maximum atomic E-state index is 14.6. The van der Waals surface area contributed by atoms with Crippen LogP contribution < -0.4 is 4.90 Å². The molecular weight excluding hydrogens is 548 g/mol. The van der Waals surface area contributed by atoms with E-state index in [0.29, 0.717) is 71.6 Å². The molecule has 0 radical (unpaired) electrons. The molecule has 4 aliphatic heterocycles. The third-order valence-electron chi connectivity index (χ3n) is 9.68. The van der Waals surface area contributed by atoms with Crippen molar-refractivity contribution >= 4 is 23.4 Å². The normalized spacial score (nSPS) is 29.9. The Kier molecular flexibility index (Phi) is 9.70. The van der Waals surface area contributed by atoms with Gasteiger partial charge in [-0.25, -0.2) is 0 Å². The highest BCUT2D eigenvalue weighted by molar-refractivity contribution is 6.03. The van der Waals surface area contributed by atoms with E-state index in [2.05, 4.69) is 18.1 Å². The summed E-state index contributed by atoms with van der Waals surface area (Å²) >= 11 is 0. The molecule has 4 saturated heterocycles. The van der Waals surface area contributed by atoms with E-state index in [1.165, 1.54) is 0 Å². The number of hydrogen-bond acceptors (Lipinski definition) is 7. The highest BCUT2D eigenvalue weighted by atomic mass is 16.5. The SMILES string of the molecule is C=CCN(CCN1CCOCC1)C(=O)C1N(CCCCO)C(=O)[C@@H]2[C@@H](C(=O)N(CC=C)c3ccccc3)[C@@]3(C)CCC12O3. The smallest absolute Gasteiger partial charge is 0.248 e. The van der Waals surface area contributed by atoms with Crippen LogP contribution in [-0.2, 0) is 23.9 Å². The van der Waals surface area contributed by atoms with Gasteiger partial charge < -0.3 is 29.3 Å². The third-order valence-corrected chi connectivity index (χ3v) is 9.68. The van der Waals surface area contributed by atoms with E-state index >= 15 is 0 Å². The van der Waals surface area contributed by atoms with Crippen LogP contribution in [0.3, 0.4) is 0 Å². The number of fused-ring (bicyclic) bond motifs is 1. The van der Waals surface area contributed by atoms with Gasteiger partial charge in [-0.3, -0.25) is 19.3 Å². The molecular formula is C33H46N4O6. The van der Waals surface area contributed by atoms with Gasteiger partial charge in [0, 0.05) is 58.1 Å². The first-order chi connectivity index (χ1) is 20.8. The van der Waals surface area contributed by atoms with Crippen LogP contribution in [0.4, 0.5) is 5.69 Å². The summed E-state index contributed by atoms with van der Waals surface area (Å²) in [6.45, 7) is 14.8. The molecule has 1 spiro atoms. The topological polar surface area (TPSA) is 103 Å². The van der Waals surface area contributed by atoms with Gasteiger partial charge in [0.15, 0.2) is 0 Å². The van der Waals surface area contributed by atoms with E-state index in [9.17, 15) is 19.5 Å². The first-order valence-electron chi connectivity index (χ1n) is 15.6. The second-order valence-electron chi connectivity index (χ2n) is 12.3.